The van der Waals surface area contributed by atoms with Crippen molar-refractivity contribution >= 4 is 11.7 Å². The van der Waals surface area contributed by atoms with Crippen molar-refractivity contribution in [3.63, 3.8) is 0 Å². The third kappa shape index (κ3) is 3.15. The Bertz CT molecular complexity index is 858. The highest BCUT2D eigenvalue weighted by molar-refractivity contribution is 5.76. The number of aromatic nitrogens is 1. The molecule has 1 aliphatic rings. The monoisotopic (exact) mass is 347 g/mol. The Kier molecular flexibility index (Phi) is 4.94. The van der Waals surface area contributed by atoms with Gasteiger partial charge in [-0.15, -0.1) is 0 Å². The van der Waals surface area contributed by atoms with Crippen LogP contribution in [-0.4, -0.2) is 16.5 Å². The summed E-state index contributed by atoms with van der Waals surface area (Å²) in [6.07, 6.45) is 10.8. The Hall–Kier alpha value is -2.88. The number of aliphatic carboxylic acids is 1. The molecule has 1 N–H and O–H groups in total. The molecule has 0 saturated carbocycles. The lowest BCUT2D eigenvalue weighted by molar-refractivity contribution is -0.311. The highest BCUT2D eigenvalue weighted by Crippen LogP contribution is 2.41. The summed E-state index contributed by atoms with van der Waals surface area (Å²) < 4.78 is 0. The Labute approximate surface area is 154 Å². The minimum Gasteiger partial charge on any atom is -0.549 e. The molecule has 3 unspecified atom stereocenters. The molecule has 0 radical (unpaired) electrons. The van der Waals surface area contributed by atoms with Gasteiger partial charge < -0.3 is 15.2 Å². The lowest BCUT2D eigenvalue weighted by Gasteiger charge is -2.45. The summed E-state index contributed by atoms with van der Waals surface area (Å²) in [5.74, 6) is -2.04. The number of rotatable bonds is 5. The normalized spacial score (nSPS) is 22.8. The van der Waals surface area contributed by atoms with Crippen molar-refractivity contribution in [3.05, 3.63) is 83.7 Å². The molecule has 4 nitrogen and oxygen atoms in total. The molecule has 1 aliphatic carbocycles. The topological polar surface area (TPSA) is 65.0 Å². The van der Waals surface area contributed by atoms with Crippen molar-refractivity contribution in [2.75, 3.05) is 5.32 Å². The Morgan fingerprint density at radius 3 is 2.73 bits per heavy atom. The number of carbonyl (C=O) groups excluding carboxylic acids is 1. The fourth-order valence-electron chi connectivity index (χ4n) is 3.60. The molecule has 3 rings (SSSR count). The van der Waals surface area contributed by atoms with Gasteiger partial charge >= 0.3 is 0 Å². The minimum absolute atomic E-state index is 0.139. The second kappa shape index (κ2) is 7.16. The summed E-state index contributed by atoms with van der Waals surface area (Å²) in [6.45, 7) is 6.11. The molecule has 2 aromatic rings. The Morgan fingerprint density at radius 1 is 1.23 bits per heavy atom. The zero-order valence-electron chi connectivity index (χ0n) is 15.3. The lowest BCUT2D eigenvalue weighted by atomic mass is 9.69. The van der Waals surface area contributed by atoms with Gasteiger partial charge in [-0.1, -0.05) is 49.4 Å². The molecule has 1 heterocycles. The molecule has 0 spiro atoms. The van der Waals surface area contributed by atoms with E-state index in [1.807, 2.05) is 63.3 Å². The molecule has 0 amide bonds. The molecule has 1 aromatic heterocycles. The number of benzene rings is 1. The first-order valence-corrected chi connectivity index (χ1v) is 8.77. The fourth-order valence-corrected chi connectivity index (χ4v) is 3.60. The van der Waals surface area contributed by atoms with Gasteiger partial charge in [0.25, 0.3) is 0 Å². The maximum Gasteiger partial charge on any atom is 0.0740 e. The highest BCUT2D eigenvalue weighted by atomic mass is 16.4. The van der Waals surface area contributed by atoms with E-state index in [4.69, 9.17) is 0 Å². The van der Waals surface area contributed by atoms with Gasteiger partial charge in [-0.3, -0.25) is 4.98 Å². The van der Waals surface area contributed by atoms with E-state index in [0.29, 0.717) is 0 Å². The van der Waals surface area contributed by atoms with Gasteiger partial charge in [-0.2, -0.15) is 0 Å². The standard InChI is InChI=1S/C22H24N2O2/c1-15-8-6-11-20(16(15)2)24-22(12-5-4-10-19(22)21(25)26)17(3)18-9-7-13-23-14-18/h4-14,17,19,24H,1-3H3,(H,25,26)/p-1. The van der Waals surface area contributed by atoms with Gasteiger partial charge in [0.1, 0.15) is 0 Å². The van der Waals surface area contributed by atoms with E-state index in [1.165, 1.54) is 0 Å². The third-order valence-electron chi connectivity index (χ3n) is 5.41. The maximum absolute atomic E-state index is 12.0. The SMILES string of the molecule is Cc1cccc(NC2(C(C)c3cccnc3)C=CC=CC2C(=O)[O-])c1C. The van der Waals surface area contributed by atoms with Crippen LogP contribution in [0.15, 0.2) is 67.0 Å². The van der Waals surface area contributed by atoms with Crippen LogP contribution >= 0.6 is 0 Å². The van der Waals surface area contributed by atoms with Gasteiger partial charge in [0.2, 0.25) is 0 Å². The van der Waals surface area contributed by atoms with Crippen LogP contribution < -0.4 is 10.4 Å². The molecule has 134 valence electrons. The predicted octanol–water partition coefficient (Wildman–Crippen LogP) is 3.14. The number of nitrogens with zero attached hydrogens (tertiary/aromatic N) is 1. The summed E-state index contributed by atoms with van der Waals surface area (Å²) in [7, 11) is 0. The number of pyridine rings is 1. The van der Waals surface area contributed by atoms with E-state index in [0.717, 1.165) is 22.4 Å². The van der Waals surface area contributed by atoms with Crippen LogP contribution in [0.1, 0.15) is 29.5 Å². The van der Waals surface area contributed by atoms with Crippen molar-refractivity contribution in [3.8, 4) is 0 Å². The van der Waals surface area contributed by atoms with Crippen molar-refractivity contribution < 1.29 is 9.90 Å². The molecule has 0 saturated heterocycles. The summed E-state index contributed by atoms with van der Waals surface area (Å²) >= 11 is 0. The number of carboxylic acids is 1. The van der Waals surface area contributed by atoms with E-state index in [2.05, 4.69) is 10.3 Å². The molecule has 3 atom stereocenters. The Morgan fingerprint density at radius 2 is 2.04 bits per heavy atom. The first-order valence-electron chi connectivity index (χ1n) is 8.77. The van der Waals surface area contributed by atoms with Crippen molar-refractivity contribution in [2.45, 2.75) is 32.2 Å². The predicted molar refractivity (Wildman–Crippen MR) is 102 cm³/mol. The zero-order valence-corrected chi connectivity index (χ0v) is 15.3. The van der Waals surface area contributed by atoms with E-state index < -0.39 is 17.4 Å². The number of aryl methyl sites for hydroxylation is 1. The summed E-state index contributed by atoms with van der Waals surface area (Å²) in [6, 6.07) is 9.85. The van der Waals surface area contributed by atoms with E-state index in [-0.39, 0.29) is 5.92 Å². The molecular formula is C22H23N2O2-. The lowest BCUT2D eigenvalue weighted by Crippen LogP contribution is -2.54. The van der Waals surface area contributed by atoms with E-state index >= 15 is 0 Å². The minimum atomic E-state index is -1.10. The summed E-state index contributed by atoms with van der Waals surface area (Å²) in [5, 5.41) is 15.5. The van der Waals surface area contributed by atoms with Crippen LogP contribution in [0.4, 0.5) is 5.69 Å². The van der Waals surface area contributed by atoms with Gasteiger partial charge in [0, 0.05) is 29.9 Å². The van der Waals surface area contributed by atoms with Gasteiger partial charge in [0.15, 0.2) is 0 Å². The summed E-state index contributed by atoms with van der Waals surface area (Å²) in [5.41, 5.74) is 3.29. The van der Waals surface area contributed by atoms with E-state index in [9.17, 15) is 9.90 Å². The van der Waals surface area contributed by atoms with Gasteiger partial charge in [-0.25, -0.2) is 0 Å². The molecule has 0 fully saturated rings. The third-order valence-corrected chi connectivity index (χ3v) is 5.41. The number of anilines is 1. The van der Waals surface area contributed by atoms with Crippen molar-refractivity contribution in [1.29, 1.82) is 0 Å². The van der Waals surface area contributed by atoms with Crippen molar-refractivity contribution in [1.82, 2.24) is 4.98 Å². The smallest absolute Gasteiger partial charge is 0.0740 e. The Balaban J connectivity index is 2.13. The number of allylic oxidation sites excluding steroid dienone is 2. The first-order chi connectivity index (χ1) is 12.5. The number of carbonyl (C=O) groups is 1. The molecule has 0 bridgehead atoms. The van der Waals surface area contributed by atoms with Gasteiger partial charge in [-0.05, 0) is 42.7 Å². The summed E-state index contributed by atoms with van der Waals surface area (Å²) in [4.78, 5) is 16.2. The van der Waals surface area contributed by atoms with Crippen LogP contribution in [0, 0.1) is 19.8 Å². The average molecular weight is 347 g/mol. The number of carboxylic acid groups (broad SMARTS) is 1. The molecule has 4 heteroatoms. The largest absolute Gasteiger partial charge is 0.549 e. The number of nitrogens with one attached hydrogen (secondary N) is 1. The van der Waals surface area contributed by atoms with Gasteiger partial charge in [0.05, 0.1) is 11.5 Å². The van der Waals surface area contributed by atoms with Crippen LogP contribution in [0.3, 0.4) is 0 Å². The first kappa shape index (κ1) is 17.9. The number of hydrogen-bond donors (Lipinski definition) is 1. The van der Waals surface area contributed by atoms with Crippen molar-refractivity contribution in [2.24, 2.45) is 5.92 Å². The molecular weight excluding hydrogens is 324 g/mol. The zero-order chi connectivity index (χ0) is 18.7. The second-order valence-electron chi connectivity index (χ2n) is 6.85. The van der Waals surface area contributed by atoms with E-state index in [1.54, 1.807) is 24.5 Å². The quantitative estimate of drug-likeness (QED) is 0.902. The molecule has 26 heavy (non-hydrogen) atoms. The molecule has 0 aliphatic heterocycles. The van der Waals surface area contributed by atoms with Crippen LogP contribution in [0.25, 0.3) is 0 Å². The van der Waals surface area contributed by atoms with Crippen LogP contribution in [0.2, 0.25) is 0 Å². The van der Waals surface area contributed by atoms with Crippen LogP contribution in [-0.2, 0) is 4.79 Å². The second-order valence-corrected chi connectivity index (χ2v) is 6.85. The number of hydrogen-bond acceptors (Lipinski definition) is 4. The highest BCUT2D eigenvalue weighted by Gasteiger charge is 2.43. The van der Waals surface area contributed by atoms with Crippen LogP contribution in [0.5, 0.6) is 0 Å². The molecule has 1 aromatic carbocycles. The maximum atomic E-state index is 12.0. The fraction of sp³-hybridized carbons (Fsp3) is 0.273. The average Bonchev–Trinajstić information content (AvgIpc) is 2.65.